The summed E-state index contributed by atoms with van der Waals surface area (Å²) in [5.41, 5.74) is 2.12. The molecule has 0 radical (unpaired) electrons. The zero-order valence-electron chi connectivity index (χ0n) is 12.5. The van der Waals surface area contributed by atoms with Gasteiger partial charge >= 0.3 is 0 Å². The minimum Gasteiger partial charge on any atom is -0.334 e. The van der Waals surface area contributed by atoms with Crippen LogP contribution < -0.4 is 0 Å². The summed E-state index contributed by atoms with van der Waals surface area (Å²) in [5, 5.41) is 11.7. The second kappa shape index (κ2) is 5.24. The average molecular weight is 341 g/mol. The van der Waals surface area contributed by atoms with Crippen molar-refractivity contribution in [3.8, 4) is 22.8 Å². The Hall–Kier alpha value is -3.07. The molecule has 4 aromatic rings. The van der Waals surface area contributed by atoms with Gasteiger partial charge in [0.2, 0.25) is 5.82 Å². The van der Waals surface area contributed by atoms with Crippen LogP contribution in [0.2, 0.25) is 0 Å². The second-order valence-electron chi connectivity index (χ2n) is 5.23. The summed E-state index contributed by atoms with van der Waals surface area (Å²) < 4.78 is 30.0. The summed E-state index contributed by atoms with van der Waals surface area (Å²) in [6.45, 7) is 0. The quantitative estimate of drug-likeness (QED) is 0.560. The molecular weight excluding hydrogens is 330 g/mol. The van der Waals surface area contributed by atoms with E-state index in [4.69, 9.17) is 4.52 Å². The molecule has 1 aromatic carbocycles. The Morgan fingerprint density at radius 2 is 1.79 bits per heavy atom. The monoisotopic (exact) mass is 341 g/mol. The van der Waals surface area contributed by atoms with Crippen molar-refractivity contribution in [2.24, 2.45) is 0 Å². The van der Waals surface area contributed by atoms with Gasteiger partial charge in [0.15, 0.2) is 15.5 Å². The Balaban J connectivity index is 1.69. The van der Waals surface area contributed by atoms with Gasteiger partial charge in [-0.25, -0.2) is 8.42 Å². The summed E-state index contributed by atoms with van der Waals surface area (Å²) in [5.74, 6) is 0.738. The molecule has 8 nitrogen and oxygen atoms in total. The molecule has 0 fully saturated rings. The third-order valence-electron chi connectivity index (χ3n) is 3.50. The molecule has 0 amide bonds. The van der Waals surface area contributed by atoms with E-state index in [-0.39, 0.29) is 4.90 Å². The molecule has 0 atom stereocenters. The maximum Gasteiger partial charge on any atom is 0.259 e. The Kier molecular flexibility index (Phi) is 3.17. The third kappa shape index (κ3) is 2.54. The van der Waals surface area contributed by atoms with Crippen LogP contribution in [0.25, 0.3) is 28.5 Å². The van der Waals surface area contributed by atoms with Crippen LogP contribution in [0, 0.1) is 0 Å². The Morgan fingerprint density at radius 3 is 2.54 bits per heavy atom. The molecule has 3 aromatic heterocycles. The number of sulfone groups is 1. The Bertz CT molecular complexity index is 1130. The van der Waals surface area contributed by atoms with Crippen molar-refractivity contribution in [2.75, 3.05) is 6.26 Å². The number of fused-ring (bicyclic) bond motifs is 1. The standard InChI is InChI=1S/C15H11N5O3S/c1-24(21,22)12-5-2-10(3-6-12)14-17-15(23-19-14)11-4-7-13-18-16-9-20(13)8-11/h2-9H,1H3. The maximum atomic E-state index is 11.5. The van der Waals surface area contributed by atoms with E-state index in [9.17, 15) is 8.42 Å². The lowest BCUT2D eigenvalue weighted by atomic mass is 10.2. The van der Waals surface area contributed by atoms with Gasteiger partial charge < -0.3 is 4.52 Å². The van der Waals surface area contributed by atoms with Gasteiger partial charge in [0.05, 0.1) is 10.5 Å². The molecule has 0 aliphatic carbocycles. The van der Waals surface area contributed by atoms with E-state index < -0.39 is 9.84 Å². The predicted molar refractivity (Wildman–Crippen MR) is 84.8 cm³/mol. The first kappa shape index (κ1) is 14.5. The van der Waals surface area contributed by atoms with Gasteiger partial charge in [0.25, 0.3) is 5.89 Å². The number of hydrogen-bond donors (Lipinski definition) is 0. The smallest absolute Gasteiger partial charge is 0.259 e. The van der Waals surface area contributed by atoms with E-state index in [1.54, 1.807) is 35.1 Å². The molecule has 4 rings (SSSR count). The molecule has 0 unspecified atom stereocenters. The van der Waals surface area contributed by atoms with Gasteiger partial charge in [-0.1, -0.05) is 5.16 Å². The SMILES string of the molecule is CS(=O)(=O)c1ccc(-c2noc(-c3ccc4nncn4c3)n2)cc1. The van der Waals surface area contributed by atoms with Crippen molar-refractivity contribution in [3.63, 3.8) is 0 Å². The molecule has 9 heteroatoms. The van der Waals surface area contributed by atoms with Gasteiger partial charge in [-0.3, -0.25) is 4.40 Å². The molecule has 0 saturated heterocycles. The molecule has 0 bridgehead atoms. The molecule has 0 aliphatic rings. The van der Waals surface area contributed by atoms with E-state index in [1.807, 2.05) is 6.07 Å². The zero-order valence-corrected chi connectivity index (χ0v) is 13.3. The lowest BCUT2D eigenvalue weighted by Crippen LogP contribution is -1.96. The summed E-state index contributed by atoms with van der Waals surface area (Å²) in [7, 11) is -3.23. The summed E-state index contributed by atoms with van der Waals surface area (Å²) >= 11 is 0. The van der Waals surface area contributed by atoms with Crippen molar-refractivity contribution in [1.29, 1.82) is 0 Å². The molecular formula is C15H11N5O3S. The topological polar surface area (TPSA) is 103 Å². The van der Waals surface area contributed by atoms with Crippen LogP contribution in [0.1, 0.15) is 0 Å². The lowest BCUT2D eigenvalue weighted by molar-refractivity contribution is 0.432. The first-order valence-corrected chi connectivity index (χ1v) is 8.84. The number of pyridine rings is 1. The molecule has 3 heterocycles. The number of aromatic nitrogens is 5. The van der Waals surface area contributed by atoms with Crippen LogP contribution in [0.3, 0.4) is 0 Å². The van der Waals surface area contributed by atoms with Crippen LogP contribution in [0.4, 0.5) is 0 Å². The highest BCUT2D eigenvalue weighted by atomic mass is 32.2. The van der Waals surface area contributed by atoms with Gasteiger partial charge in [0, 0.05) is 18.0 Å². The largest absolute Gasteiger partial charge is 0.334 e. The van der Waals surface area contributed by atoms with Crippen LogP contribution in [-0.2, 0) is 9.84 Å². The highest BCUT2D eigenvalue weighted by Crippen LogP contribution is 2.23. The van der Waals surface area contributed by atoms with Gasteiger partial charge in [-0.15, -0.1) is 10.2 Å². The first-order valence-electron chi connectivity index (χ1n) is 6.95. The summed E-state index contributed by atoms with van der Waals surface area (Å²) in [6, 6.07) is 9.94. The Morgan fingerprint density at radius 1 is 1.04 bits per heavy atom. The molecule has 120 valence electrons. The average Bonchev–Trinajstić information content (AvgIpc) is 3.22. The predicted octanol–water partition coefficient (Wildman–Crippen LogP) is 1.85. The van der Waals surface area contributed by atoms with E-state index in [1.165, 1.54) is 12.1 Å². The normalized spacial score (nSPS) is 11.9. The van der Waals surface area contributed by atoms with E-state index in [0.29, 0.717) is 17.3 Å². The fourth-order valence-corrected chi connectivity index (χ4v) is 2.89. The van der Waals surface area contributed by atoms with Crippen molar-refractivity contribution in [3.05, 3.63) is 48.9 Å². The molecule has 0 spiro atoms. The fourth-order valence-electron chi connectivity index (χ4n) is 2.26. The second-order valence-corrected chi connectivity index (χ2v) is 7.25. The number of nitrogens with zero attached hydrogens (tertiary/aromatic N) is 5. The van der Waals surface area contributed by atoms with Crippen LogP contribution in [-0.4, -0.2) is 39.4 Å². The van der Waals surface area contributed by atoms with Gasteiger partial charge in [-0.05, 0) is 36.4 Å². The minimum absolute atomic E-state index is 0.244. The number of hydrogen-bond acceptors (Lipinski definition) is 7. The van der Waals surface area contributed by atoms with Crippen molar-refractivity contribution in [2.45, 2.75) is 4.90 Å². The van der Waals surface area contributed by atoms with Crippen LogP contribution in [0.15, 0.2) is 58.3 Å². The fraction of sp³-hybridized carbons (Fsp3) is 0.0667. The van der Waals surface area contributed by atoms with E-state index in [0.717, 1.165) is 17.5 Å². The number of benzene rings is 1. The molecule has 0 aliphatic heterocycles. The van der Waals surface area contributed by atoms with Crippen molar-refractivity contribution in [1.82, 2.24) is 24.7 Å². The van der Waals surface area contributed by atoms with E-state index in [2.05, 4.69) is 20.3 Å². The molecule has 0 N–H and O–H groups in total. The van der Waals surface area contributed by atoms with E-state index >= 15 is 0 Å². The van der Waals surface area contributed by atoms with Crippen molar-refractivity contribution < 1.29 is 12.9 Å². The molecule has 24 heavy (non-hydrogen) atoms. The number of rotatable bonds is 3. The summed E-state index contributed by atoms with van der Waals surface area (Å²) in [6.07, 6.45) is 4.54. The first-order chi connectivity index (χ1) is 11.5. The van der Waals surface area contributed by atoms with Crippen LogP contribution >= 0.6 is 0 Å². The minimum atomic E-state index is -3.23. The van der Waals surface area contributed by atoms with Crippen LogP contribution in [0.5, 0.6) is 0 Å². The maximum absolute atomic E-state index is 11.5. The third-order valence-corrected chi connectivity index (χ3v) is 4.63. The van der Waals surface area contributed by atoms with Crippen molar-refractivity contribution >= 4 is 15.5 Å². The highest BCUT2D eigenvalue weighted by Gasteiger charge is 2.13. The van der Waals surface area contributed by atoms with Gasteiger partial charge in [0.1, 0.15) is 6.33 Å². The van der Waals surface area contributed by atoms with Gasteiger partial charge in [-0.2, -0.15) is 4.98 Å². The zero-order chi connectivity index (χ0) is 16.7. The summed E-state index contributed by atoms with van der Waals surface area (Å²) in [4.78, 5) is 4.60. The lowest BCUT2D eigenvalue weighted by Gasteiger charge is -1.98. The Labute approximate surface area is 136 Å². The molecule has 0 saturated carbocycles. The highest BCUT2D eigenvalue weighted by molar-refractivity contribution is 7.90.